The number of rotatable bonds is 5. The van der Waals surface area contributed by atoms with Gasteiger partial charge in [-0.2, -0.15) is 0 Å². The van der Waals surface area contributed by atoms with Crippen molar-refractivity contribution in [3.63, 3.8) is 0 Å². The molecule has 6 aromatic carbocycles. The quantitative estimate of drug-likeness (QED) is 0.106. The lowest BCUT2D eigenvalue weighted by atomic mass is 9.73. The summed E-state index contributed by atoms with van der Waals surface area (Å²) >= 11 is 0. The highest BCUT2D eigenvalue weighted by atomic mass is 16.5. The second kappa shape index (κ2) is 14.7. The highest BCUT2D eigenvalue weighted by molar-refractivity contribution is 5.70. The van der Waals surface area contributed by atoms with E-state index in [0.717, 1.165) is 60.7 Å². The molecule has 63 heavy (non-hydrogen) atoms. The summed E-state index contributed by atoms with van der Waals surface area (Å²) in [7, 11) is 0. The third-order valence-corrected chi connectivity index (χ3v) is 11.8. The first kappa shape index (κ1) is 40.6. The molecule has 8 atom stereocenters. The summed E-state index contributed by atoms with van der Waals surface area (Å²) in [6.45, 7) is 0. The molecule has 18 heteroatoms. The van der Waals surface area contributed by atoms with Gasteiger partial charge in [0.25, 0.3) is 0 Å². The smallest absolute Gasteiger partial charge is 0.157 e. The second-order valence-corrected chi connectivity index (χ2v) is 15.7. The molecule has 0 fully saturated rings. The molecular formula is C45H38O18. The third-order valence-electron chi connectivity index (χ3n) is 11.8. The first-order chi connectivity index (χ1) is 29.9. The maximum atomic E-state index is 12.5. The van der Waals surface area contributed by atoms with Crippen molar-refractivity contribution < 1.29 is 90.8 Å². The second-order valence-electron chi connectivity index (χ2n) is 15.7. The van der Waals surface area contributed by atoms with Crippen molar-refractivity contribution in [2.45, 2.75) is 54.9 Å². The molecule has 15 N–H and O–H groups in total. The molecule has 6 aromatic rings. The van der Waals surface area contributed by atoms with E-state index in [-0.39, 0.29) is 62.4 Å². The molecule has 0 amide bonds. The summed E-state index contributed by atoms with van der Waals surface area (Å²) in [5.41, 5.74) is -1.10. The summed E-state index contributed by atoms with van der Waals surface area (Å²) in [4.78, 5) is 0. The van der Waals surface area contributed by atoms with E-state index >= 15 is 0 Å². The minimum atomic E-state index is -1.90. The molecule has 0 bridgehead atoms. The molecular weight excluding hydrogens is 828 g/mol. The number of aliphatic hydroxyl groups is 3. The van der Waals surface area contributed by atoms with Crippen LogP contribution < -0.4 is 14.2 Å². The van der Waals surface area contributed by atoms with Gasteiger partial charge in [-0.05, 0) is 53.1 Å². The highest BCUT2D eigenvalue weighted by Crippen LogP contribution is 2.62. The standard InChI is InChI=1S/C45H38O18/c46-18-10-27(54)33-32(11-18)61-42(16-2-5-21(48)25(52)8-16)39(59)37(33)35-29(56)14-30(57)36-38(40(60)43(63-45(35)36)17-3-6-22(49)26(53)9-17)34-28(55)13-23(50)19-12-31(58)41(62-44(19)34)15-1-4-20(47)24(51)7-15/h1-11,13-14,31,37-43,46-60H,12H2/t31-,37-,38-,39-,40+,41+,42+,43+/m0/s1. The summed E-state index contributed by atoms with van der Waals surface area (Å²) in [6, 6.07) is 14.4. The van der Waals surface area contributed by atoms with Crippen LogP contribution in [0.5, 0.6) is 86.2 Å². The van der Waals surface area contributed by atoms with Gasteiger partial charge in [0.1, 0.15) is 70.1 Å². The van der Waals surface area contributed by atoms with Crippen molar-refractivity contribution in [2.75, 3.05) is 0 Å². The van der Waals surface area contributed by atoms with Crippen LogP contribution in [-0.2, 0) is 6.42 Å². The van der Waals surface area contributed by atoms with Crippen molar-refractivity contribution in [3.8, 4) is 86.2 Å². The van der Waals surface area contributed by atoms with Gasteiger partial charge in [-0.25, -0.2) is 0 Å². The lowest BCUT2D eigenvalue weighted by Crippen LogP contribution is -2.39. The van der Waals surface area contributed by atoms with Crippen LogP contribution >= 0.6 is 0 Å². The van der Waals surface area contributed by atoms with Crippen LogP contribution in [0.15, 0.2) is 78.9 Å². The Hall–Kier alpha value is -7.80. The molecule has 3 heterocycles. The van der Waals surface area contributed by atoms with Gasteiger partial charge in [-0.3, -0.25) is 0 Å². The number of benzene rings is 6. The Morgan fingerprint density at radius 3 is 1.29 bits per heavy atom. The largest absolute Gasteiger partial charge is 0.508 e. The first-order valence-corrected chi connectivity index (χ1v) is 19.3. The van der Waals surface area contributed by atoms with Crippen LogP contribution in [0.2, 0.25) is 0 Å². The predicted octanol–water partition coefficient (Wildman–Crippen LogP) is 4.44. The van der Waals surface area contributed by atoms with Gasteiger partial charge in [0.2, 0.25) is 0 Å². The van der Waals surface area contributed by atoms with Crippen molar-refractivity contribution in [1.29, 1.82) is 0 Å². The topological polar surface area (TPSA) is 331 Å². The number of hydrogen-bond donors (Lipinski definition) is 15. The van der Waals surface area contributed by atoms with Gasteiger partial charge >= 0.3 is 0 Å². The molecule has 18 nitrogen and oxygen atoms in total. The van der Waals surface area contributed by atoms with Crippen LogP contribution in [0, 0.1) is 0 Å². The molecule has 0 radical (unpaired) electrons. The summed E-state index contributed by atoms with van der Waals surface area (Å²) in [5.74, 6) is -11.5. The maximum absolute atomic E-state index is 12.5. The fraction of sp³-hybridized carbons (Fsp3) is 0.200. The lowest BCUT2D eigenvalue weighted by molar-refractivity contribution is -0.00562. The molecule has 0 spiro atoms. The number of fused-ring (bicyclic) bond motifs is 3. The van der Waals surface area contributed by atoms with Gasteiger partial charge in [0.15, 0.2) is 46.7 Å². The Bertz CT molecular complexity index is 2840. The SMILES string of the molecule is Oc1cc(O)c2c(c1)O[C@H](c1ccc(O)c(O)c1)[C@@H](O)[C@@H]2c1c(O)cc(O)c2c1O[C@H](c1ccc(O)c(O)c1)[C@H](O)[C@H]2c1c(O)cc(O)c2c1O[C@H](c1ccc(O)c(O)c1)[C@@H](O)C2. The van der Waals surface area contributed by atoms with E-state index in [2.05, 4.69) is 0 Å². The van der Waals surface area contributed by atoms with Crippen LogP contribution in [0.25, 0.3) is 0 Å². The molecule has 9 rings (SSSR count). The Labute approximate surface area is 354 Å². The van der Waals surface area contributed by atoms with E-state index in [1.165, 1.54) is 18.2 Å². The molecule has 0 aliphatic carbocycles. The molecule has 3 aliphatic rings. The number of phenolic OH excluding ortho intramolecular Hbond substituents is 12. The minimum absolute atomic E-state index is 0.0127. The molecule has 3 aliphatic heterocycles. The van der Waals surface area contributed by atoms with Gasteiger partial charge in [-0.1, -0.05) is 18.2 Å². The van der Waals surface area contributed by atoms with Gasteiger partial charge in [-0.15, -0.1) is 0 Å². The summed E-state index contributed by atoms with van der Waals surface area (Å²) in [6.07, 6.45) is -9.93. The Morgan fingerprint density at radius 2 is 0.778 bits per heavy atom. The normalized spacial score (nSPS) is 23.6. The molecule has 0 saturated heterocycles. The van der Waals surface area contributed by atoms with Crippen LogP contribution in [0.4, 0.5) is 0 Å². The Kier molecular flexibility index (Phi) is 9.46. The number of ether oxygens (including phenoxy) is 3. The lowest BCUT2D eigenvalue weighted by Gasteiger charge is -2.43. The Morgan fingerprint density at radius 1 is 0.365 bits per heavy atom. The van der Waals surface area contributed by atoms with Crippen LogP contribution in [-0.4, -0.2) is 94.9 Å². The van der Waals surface area contributed by atoms with Crippen molar-refractivity contribution in [3.05, 3.63) is 123 Å². The van der Waals surface area contributed by atoms with E-state index in [0.29, 0.717) is 0 Å². The van der Waals surface area contributed by atoms with Crippen LogP contribution in [0.3, 0.4) is 0 Å². The van der Waals surface area contributed by atoms with Gasteiger partial charge < -0.3 is 90.8 Å². The number of aliphatic hydroxyl groups excluding tert-OH is 3. The van der Waals surface area contributed by atoms with Gasteiger partial charge in [0, 0.05) is 58.5 Å². The number of hydrogen-bond acceptors (Lipinski definition) is 18. The maximum Gasteiger partial charge on any atom is 0.157 e. The van der Waals surface area contributed by atoms with E-state index < -0.39 is 123 Å². The van der Waals surface area contributed by atoms with E-state index in [1.807, 2.05) is 0 Å². The molecule has 0 saturated carbocycles. The van der Waals surface area contributed by atoms with E-state index in [9.17, 15) is 76.6 Å². The fourth-order valence-corrected chi connectivity index (χ4v) is 8.94. The monoisotopic (exact) mass is 866 g/mol. The zero-order valence-corrected chi connectivity index (χ0v) is 32.3. The summed E-state index contributed by atoms with van der Waals surface area (Å²) in [5, 5.41) is 166. The average molecular weight is 867 g/mol. The van der Waals surface area contributed by atoms with E-state index in [1.54, 1.807) is 0 Å². The number of aromatic hydroxyl groups is 12. The first-order valence-electron chi connectivity index (χ1n) is 19.3. The van der Waals surface area contributed by atoms with Crippen molar-refractivity contribution in [1.82, 2.24) is 0 Å². The number of phenols is 12. The molecule has 326 valence electrons. The zero-order valence-electron chi connectivity index (χ0n) is 32.3. The van der Waals surface area contributed by atoms with E-state index in [4.69, 9.17) is 14.2 Å². The van der Waals surface area contributed by atoms with Gasteiger partial charge in [0.05, 0.1) is 17.9 Å². The highest BCUT2D eigenvalue weighted by Gasteiger charge is 2.51. The van der Waals surface area contributed by atoms with Crippen molar-refractivity contribution >= 4 is 0 Å². The van der Waals surface area contributed by atoms with Crippen molar-refractivity contribution in [2.24, 2.45) is 0 Å². The fourth-order valence-electron chi connectivity index (χ4n) is 8.94. The summed E-state index contributed by atoms with van der Waals surface area (Å²) < 4.78 is 18.9. The average Bonchev–Trinajstić information content (AvgIpc) is 3.22. The predicted molar refractivity (Wildman–Crippen MR) is 214 cm³/mol. The third kappa shape index (κ3) is 6.46. The van der Waals surface area contributed by atoms with Crippen LogP contribution in [0.1, 0.15) is 74.7 Å². The Balaban J connectivity index is 1.31. The zero-order chi connectivity index (χ0) is 44.9. The molecule has 0 aromatic heterocycles. The molecule has 0 unspecified atom stereocenters. The minimum Gasteiger partial charge on any atom is -0.508 e.